The molecule has 4 nitrogen and oxygen atoms in total. The second kappa shape index (κ2) is 4.99. The summed E-state index contributed by atoms with van der Waals surface area (Å²) in [5.74, 6) is 0.125. The van der Waals surface area contributed by atoms with Crippen molar-refractivity contribution >= 4 is 27.3 Å². The first kappa shape index (κ1) is 14.9. The van der Waals surface area contributed by atoms with E-state index in [-0.39, 0.29) is 23.3 Å². The molecule has 0 bridgehead atoms. The SMILES string of the molecule is CC(Cl)C(=O)N1CC2CS(=O)(=O)CC2(c2ccccc2)C1. The first-order valence-electron chi connectivity index (χ1n) is 7.03. The van der Waals surface area contributed by atoms with Crippen molar-refractivity contribution in [3.8, 4) is 0 Å². The molecule has 21 heavy (non-hydrogen) atoms. The van der Waals surface area contributed by atoms with E-state index < -0.39 is 20.6 Å². The van der Waals surface area contributed by atoms with E-state index in [1.807, 2.05) is 30.3 Å². The average Bonchev–Trinajstić information content (AvgIpc) is 2.88. The molecule has 114 valence electrons. The number of sulfone groups is 1. The Hall–Kier alpha value is -1.07. The molecule has 0 aromatic heterocycles. The van der Waals surface area contributed by atoms with Gasteiger partial charge in [0.1, 0.15) is 5.38 Å². The molecule has 0 spiro atoms. The van der Waals surface area contributed by atoms with Gasteiger partial charge in [0, 0.05) is 24.4 Å². The van der Waals surface area contributed by atoms with E-state index in [2.05, 4.69) is 0 Å². The van der Waals surface area contributed by atoms with Crippen LogP contribution in [0.25, 0.3) is 0 Å². The molecule has 2 heterocycles. The Morgan fingerprint density at radius 3 is 2.67 bits per heavy atom. The van der Waals surface area contributed by atoms with E-state index in [0.29, 0.717) is 13.1 Å². The number of hydrogen-bond donors (Lipinski definition) is 0. The number of rotatable bonds is 2. The van der Waals surface area contributed by atoms with Gasteiger partial charge >= 0.3 is 0 Å². The third-order valence-corrected chi connectivity index (χ3v) is 6.68. The van der Waals surface area contributed by atoms with Crippen LogP contribution in [-0.2, 0) is 20.0 Å². The summed E-state index contributed by atoms with van der Waals surface area (Å²) in [6.07, 6.45) is 0. The quantitative estimate of drug-likeness (QED) is 0.772. The molecule has 0 saturated carbocycles. The lowest BCUT2D eigenvalue weighted by Crippen LogP contribution is -2.39. The van der Waals surface area contributed by atoms with Crippen LogP contribution in [0.2, 0.25) is 0 Å². The fraction of sp³-hybridized carbons (Fsp3) is 0.533. The van der Waals surface area contributed by atoms with Crippen LogP contribution in [-0.4, -0.2) is 49.2 Å². The highest BCUT2D eigenvalue weighted by Crippen LogP contribution is 2.46. The average molecular weight is 328 g/mol. The number of carbonyl (C=O) groups is 1. The van der Waals surface area contributed by atoms with E-state index in [1.54, 1.807) is 11.8 Å². The van der Waals surface area contributed by atoms with Gasteiger partial charge in [-0.3, -0.25) is 4.79 Å². The second-order valence-corrected chi connectivity index (χ2v) is 8.87. The van der Waals surface area contributed by atoms with Gasteiger partial charge in [-0.05, 0) is 12.5 Å². The molecule has 0 N–H and O–H groups in total. The predicted octanol–water partition coefficient (Wildman–Crippen LogP) is 1.44. The topological polar surface area (TPSA) is 54.5 Å². The van der Waals surface area contributed by atoms with Crippen LogP contribution in [0.3, 0.4) is 0 Å². The molecular formula is C15H18ClNO3S. The summed E-state index contributed by atoms with van der Waals surface area (Å²) >= 11 is 5.90. The molecular weight excluding hydrogens is 310 g/mol. The Kier molecular flexibility index (Phi) is 3.53. The van der Waals surface area contributed by atoms with Crippen molar-refractivity contribution in [1.29, 1.82) is 0 Å². The van der Waals surface area contributed by atoms with Crippen LogP contribution in [0.15, 0.2) is 30.3 Å². The lowest BCUT2D eigenvalue weighted by molar-refractivity contribution is -0.129. The number of likely N-dealkylation sites (tertiary alicyclic amines) is 1. The smallest absolute Gasteiger partial charge is 0.240 e. The van der Waals surface area contributed by atoms with Crippen LogP contribution in [0.5, 0.6) is 0 Å². The van der Waals surface area contributed by atoms with Gasteiger partial charge in [-0.1, -0.05) is 30.3 Å². The number of halogens is 1. The fourth-order valence-electron chi connectivity index (χ4n) is 3.71. The summed E-state index contributed by atoms with van der Waals surface area (Å²) in [6.45, 7) is 2.57. The van der Waals surface area contributed by atoms with E-state index in [1.165, 1.54) is 0 Å². The molecule has 3 rings (SSSR count). The minimum Gasteiger partial charge on any atom is -0.340 e. The highest BCUT2D eigenvalue weighted by atomic mass is 35.5. The molecule has 2 aliphatic heterocycles. The zero-order valence-electron chi connectivity index (χ0n) is 11.8. The minimum absolute atomic E-state index is 0.0377. The Morgan fingerprint density at radius 1 is 1.38 bits per heavy atom. The van der Waals surface area contributed by atoms with Gasteiger partial charge in [0.25, 0.3) is 0 Å². The molecule has 2 fully saturated rings. The van der Waals surface area contributed by atoms with Crippen LogP contribution in [0.1, 0.15) is 12.5 Å². The van der Waals surface area contributed by atoms with E-state index in [4.69, 9.17) is 11.6 Å². The van der Waals surface area contributed by atoms with Crippen molar-refractivity contribution in [2.75, 3.05) is 24.6 Å². The van der Waals surface area contributed by atoms with E-state index >= 15 is 0 Å². The van der Waals surface area contributed by atoms with Crippen molar-refractivity contribution in [3.05, 3.63) is 35.9 Å². The number of alkyl halides is 1. The molecule has 1 amide bonds. The Bertz CT molecular complexity index is 659. The lowest BCUT2D eigenvalue weighted by Gasteiger charge is -2.28. The number of amides is 1. The predicted molar refractivity (Wildman–Crippen MR) is 82.2 cm³/mol. The molecule has 2 aliphatic rings. The number of carbonyl (C=O) groups excluding carboxylic acids is 1. The third kappa shape index (κ3) is 2.46. The maximum atomic E-state index is 12.2. The molecule has 0 radical (unpaired) electrons. The Balaban J connectivity index is 2.00. The Morgan fingerprint density at radius 2 is 2.05 bits per heavy atom. The molecule has 3 unspecified atom stereocenters. The van der Waals surface area contributed by atoms with Crippen molar-refractivity contribution in [1.82, 2.24) is 4.90 Å². The van der Waals surface area contributed by atoms with Gasteiger partial charge in [-0.2, -0.15) is 0 Å². The van der Waals surface area contributed by atoms with Crippen molar-refractivity contribution in [2.45, 2.75) is 17.7 Å². The molecule has 2 saturated heterocycles. The van der Waals surface area contributed by atoms with Crippen LogP contribution in [0, 0.1) is 5.92 Å². The monoisotopic (exact) mass is 327 g/mol. The van der Waals surface area contributed by atoms with Gasteiger partial charge in [0.2, 0.25) is 5.91 Å². The zero-order chi connectivity index (χ0) is 15.3. The van der Waals surface area contributed by atoms with Crippen molar-refractivity contribution in [2.24, 2.45) is 5.92 Å². The molecule has 1 aromatic rings. The van der Waals surface area contributed by atoms with Gasteiger partial charge in [-0.25, -0.2) is 8.42 Å². The summed E-state index contributed by atoms with van der Waals surface area (Å²) in [5, 5.41) is -0.576. The lowest BCUT2D eigenvalue weighted by atomic mass is 9.75. The largest absolute Gasteiger partial charge is 0.340 e. The normalized spacial score (nSPS) is 31.9. The summed E-state index contributed by atoms with van der Waals surface area (Å²) in [5.41, 5.74) is 0.537. The van der Waals surface area contributed by atoms with Crippen LogP contribution < -0.4 is 0 Å². The first-order chi connectivity index (χ1) is 9.84. The number of nitrogens with zero attached hydrogens (tertiary/aromatic N) is 1. The van der Waals surface area contributed by atoms with E-state index in [9.17, 15) is 13.2 Å². The summed E-state index contributed by atoms with van der Waals surface area (Å²) < 4.78 is 24.2. The number of hydrogen-bond acceptors (Lipinski definition) is 3. The summed E-state index contributed by atoms with van der Waals surface area (Å²) in [7, 11) is -3.05. The highest BCUT2D eigenvalue weighted by Gasteiger charge is 2.57. The van der Waals surface area contributed by atoms with Crippen LogP contribution >= 0.6 is 11.6 Å². The van der Waals surface area contributed by atoms with Gasteiger partial charge in [0.05, 0.1) is 11.5 Å². The van der Waals surface area contributed by atoms with Gasteiger partial charge < -0.3 is 4.90 Å². The highest BCUT2D eigenvalue weighted by molar-refractivity contribution is 7.91. The maximum absolute atomic E-state index is 12.2. The summed E-state index contributed by atoms with van der Waals surface area (Å²) in [4.78, 5) is 13.9. The number of benzene rings is 1. The fourth-order valence-corrected chi connectivity index (χ4v) is 6.28. The van der Waals surface area contributed by atoms with Gasteiger partial charge in [-0.15, -0.1) is 11.6 Å². The molecule has 0 aliphatic carbocycles. The maximum Gasteiger partial charge on any atom is 0.240 e. The molecule has 3 atom stereocenters. The van der Waals surface area contributed by atoms with Crippen molar-refractivity contribution in [3.63, 3.8) is 0 Å². The summed E-state index contributed by atoms with van der Waals surface area (Å²) in [6, 6.07) is 9.68. The van der Waals surface area contributed by atoms with Crippen LogP contribution in [0.4, 0.5) is 0 Å². The standard InChI is InChI=1S/C15H18ClNO3S/c1-11(16)14(18)17-7-13-8-21(19,20)10-15(13,9-17)12-5-3-2-4-6-12/h2-6,11,13H,7-10H2,1H3. The van der Waals surface area contributed by atoms with Crippen molar-refractivity contribution < 1.29 is 13.2 Å². The molecule has 1 aromatic carbocycles. The van der Waals surface area contributed by atoms with E-state index in [0.717, 1.165) is 5.56 Å². The van der Waals surface area contributed by atoms with Gasteiger partial charge in [0.15, 0.2) is 9.84 Å². The Labute approximate surface area is 130 Å². The second-order valence-electron chi connectivity index (χ2n) is 6.11. The zero-order valence-corrected chi connectivity index (χ0v) is 13.4. The third-order valence-electron chi connectivity index (χ3n) is 4.63. The minimum atomic E-state index is -3.05. The first-order valence-corrected chi connectivity index (χ1v) is 9.29. The number of fused-ring (bicyclic) bond motifs is 1. The molecule has 6 heteroatoms.